The average molecular weight is 882 g/mol. The molecule has 6 rings (SSSR count). The van der Waals surface area contributed by atoms with E-state index in [1.54, 1.807) is 48.6 Å². The number of aromatic nitrogens is 1. The van der Waals surface area contributed by atoms with Crippen molar-refractivity contribution in [1.82, 2.24) is 19.3 Å². The maximum Gasteiger partial charge on any atom is 0.419 e. The van der Waals surface area contributed by atoms with E-state index in [2.05, 4.69) is 16.6 Å². The number of hydrogen-bond donors (Lipinski definition) is 3. The fraction of sp³-hybridized carbons (Fsp3) is 0.286. The third kappa shape index (κ3) is 9.92. The molecule has 2 heterocycles. The maximum absolute atomic E-state index is 14.3. The number of anilines is 3. The fourth-order valence-corrected chi connectivity index (χ4v) is 8.21. The van der Waals surface area contributed by atoms with Crippen LogP contribution in [0.25, 0.3) is 11.1 Å². The third-order valence-electron chi connectivity index (χ3n) is 9.98. The number of fused-ring (bicyclic) bond motifs is 2. The van der Waals surface area contributed by atoms with Gasteiger partial charge in [0.2, 0.25) is 11.8 Å². The lowest BCUT2D eigenvalue weighted by molar-refractivity contribution is -0.120. The molecule has 5 aromatic rings. The number of benzene rings is 4. The normalized spacial score (nSPS) is 13.4. The zero-order valence-electron chi connectivity index (χ0n) is 34.0. The summed E-state index contributed by atoms with van der Waals surface area (Å²) >= 11 is 0. The lowest BCUT2D eigenvalue weighted by atomic mass is 10.0. The zero-order chi connectivity index (χ0) is 45.0. The first kappa shape index (κ1) is 44.9. The Morgan fingerprint density at radius 3 is 1.82 bits per heavy atom. The van der Waals surface area contributed by atoms with E-state index in [4.69, 9.17) is 9.15 Å². The number of amides is 4. The molecular formula is C42H43F4N7O8S. The monoisotopic (exact) mass is 881 g/mol. The molecule has 0 bridgehead atoms. The first-order valence-corrected chi connectivity index (χ1v) is 21.0. The molecule has 0 unspecified atom stereocenters. The number of carbonyl (C=O) groups excluding carboxylic acids is 3. The van der Waals surface area contributed by atoms with Gasteiger partial charge < -0.3 is 29.2 Å². The predicted molar refractivity (Wildman–Crippen MR) is 223 cm³/mol. The smallest absolute Gasteiger partial charge is 0.419 e. The van der Waals surface area contributed by atoms with Gasteiger partial charge in [-0.25, -0.2) is 31.9 Å². The Morgan fingerprint density at radius 1 is 0.742 bits per heavy atom. The number of likely N-dealkylation sites (N-methyl/N-ethyl adjacent to an activating group) is 2. The molecule has 20 heteroatoms. The van der Waals surface area contributed by atoms with Crippen LogP contribution in [0.15, 0.2) is 94.5 Å². The molecule has 4 aromatic carbocycles. The van der Waals surface area contributed by atoms with Crippen LogP contribution in [0.4, 0.5) is 39.4 Å². The van der Waals surface area contributed by atoms with Crippen molar-refractivity contribution >= 4 is 56.2 Å². The Balaban J connectivity index is 1.29. The molecule has 0 spiro atoms. The molecule has 1 aliphatic rings. The molecule has 0 saturated heterocycles. The first-order valence-electron chi connectivity index (χ1n) is 19.5. The lowest BCUT2D eigenvalue weighted by Crippen LogP contribution is -2.57. The minimum atomic E-state index is -5.07. The summed E-state index contributed by atoms with van der Waals surface area (Å²) in [5.41, 5.74) is 1.56. The predicted octanol–water partition coefficient (Wildman–Crippen LogP) is 5.62. The van der Waals surface area contributed by atoms with Gasteiger partial charge in [0.15, 0.2) is 17.2 Å². The molecule has 62 heavy (non-hydrogen) atoms. The quantitative estimate of drug-likeness (QED) is 0.106. The molecule has 328 valence electrons. The van der Waals surface area contributed by atoms with E-state index < -0.39 is 82.0 Å². The molecule has 0 radical (unpaired) electrons. The Morgan fingerprint density at radius 2 is 1.27 bits per heavy atom. The molecule has 0 fully saturated rings. The molecule has 15 nitrogen and oxygen atoms in total. The highest BCUT2D eigenvalue weighted by Gasteiger charge is 2.34. The van der Waals surface area contributed by atoms with E-state index in [0.29, 0.717) is 47.2 Å². The highest BCUT2D eigenvalue weighted by molar-refractivity contribution is 7.88. The van der Waals surface area contributed by atoms with Crippen LogP contribution < -0.4 is 40.0 Å². The summed E-state index contributed by atoms with van der Waals surface area (Å²) in [5.74, 6) is -5.44. The number of urea groups is 1. The van der Waals surface area contributed by atoms with Gasteiger partial charge in [0.05, 0.1) is 11.2 Å². The molecule has 1 aromatic heterocycles. The second-order valence-corrected chi connectivity index (χ2v) is 15.5. The van der Waals surface area contributed by atoms with Gasteiger partial charge in [0.1, 0.15) is 35.4 Å². The van der Waals surface area contributed by atoms with Crippen molar-refractivity contribution < 1.29 is 49.5 Å². The number of oxazole rings is 1. The topological polar surface area (TPSA) is 176 Å². The number of nitrogens with zero attached hydrogens (tertiary/aromatic N) is 4. The van der Waals surface area contributed by atoms with Crippen LogP contribution in [0, 0.1) is 23.3 Å². The molecule has 0 saturated carbocycles. The second-order valence-electron chi connectivity index (χ2n) is 14.1. The lowest BCUT2D eigenvalue weighted by Gasteiger charge is -2.28. The van der Waals surface area contributed by atoms with Crippen molar-refractivity contribution in [2.45, 2.75) is 59.2 Å². The van der Waals surface area contributed by atoms with Gasteiger partial charge in [0.25, 0.3) is 0 Å². The number of carbonyl (C=O) groups is 3. The Kier molecular flexibility index (Phi) is 13.4. The average Bonchev–Trinajstić information content (AvgIpc) is 3.69. The molecule has 2 atom stereocenters. The van der Waals surface area contributed by atoms with Crippen LogP contribution in [0.3, 0.4) is 0 Å². The minimum Gasteiger partial charge on any atom is -0.439 e. The van der Waals surface area contributed by atoms with Gasteiger partial charge in [-0.1, -0.05) is 0 Å². The minimum absolute atomic E-state index is 0.0329. The van der Waals surface area contributed by atoms with Gasteiger partial charge in [0, 0.05) is 56.1 Å². The number of nitrogens with one attached hydrogen (secondary N) is 3. The highest BCUT2D eigenvalue weighted by atomic mass is 32.2. The van der Waals surface area contributed by atoms with Gasteiger partial charge >= 0.3 is 22.0 Å². The van der Waals surface area contributed by atoms with E-state index in [0.717, 1.165) is 29.2 Å². The van der Waals surface area contributed by atoms with E-state index in [9.17, 15) is 45.2 Å². The van der Waals surface area contributed by atoms with E-state index in [-0.39, 0.29) is 42.0 Å². The van der Waals surface area contributed by atoms with Crippen molar-refractivity contribution in [3.05, 3.63) is 130 Å². The van der Waals surface area contributed by atoms with Crippen molar-refractivity contribution in [2.75, 3.05) is 34.3 Å². The van der Waals surface area contributed by atoms with Crippen LogP contribution in [0.1, 0.15) is 38.8 Å². The van der Waals surface area contributed by atoms with Gasteiger partial charge in [-0.2, -0.15) is 13.1 Å². The van der Waals surface area contributed by atoms with Crippen molar-refractivity contribution in [2.24, 2.45) is 0 Å². The molecule has 0 aliphatic carbocycles. The summed E-state index contributed by atoms with van der Waals surface area (Å²) in [6, 6.07) is 9.25. The van der Waals surface area contributed by atoms with E-state index >= 15 is 0 Å². The summed E-state index contributed by atoms with van der Waals surface area (Å²) in [7, 11) is -5.07. The Labute approximate surface area is 353 Å². The van der Waals surface area contributed by atoms with Gasteiger partial charge in [-0.3, -0.25) is 14.2 Å². The summed E-state index contributed by atoms with van der Waals surface area (Å²) in [6.45, 7) is 11.4. The molecular weight excluding hydrogens is 839 g/mol. The Hall–Kier alpha value is -6.67. The largest absolute Gasteiger partial charge is 0.439 e. The SMILES string of the molecule is C=C1Oc2ccc(N(CC)C(=O)[C@H](Cc3cc(F)cc(F)c3)NC(=O)NS(=O)(=O)N[C@@H](Cc3cc(F)cc(F)c3)C(=O)N(CC)c3ccc4oc(=O)n(CC)c4c3)cc2N1CC. The summed E-state index contributed by atoms with van der Waals surface area (Å²) < 4.78 is 101. The summed E-state index contributed by atoms with van der Waals surface area (Å²) in [4.78, 5) is 58.7. The van der Waals surface area contributed by atoms with Crippen LogP contribution in [0.2, 0.25) is 0 Å². The Bertz CT molecular complexity index is 2690. The van der Waals surface area contributed by atoms with Crippen molar-refractivity contribution in [3.8, 4) is 5.75 Å². The van der Waals surface area contributed by atoms with Crippen molar-refractivity contribution in [1.29, 1.82) is 0 Å². The molecule has 1 aliphatic heterocycles. The fourth-order valence-electron chi connectivity index (χ4n) is 7.29. The second kappa shape index (κ2) is 18.5. The third-order valence-corrected chi connectivity index (χ3v) is 11.0. The van der Waals surface area contributed by atoms with Crippen LogP contribution >= 0.6 is 0 Å². The zero-order valence-corrected chi connectivity index (χ0v) is 34.8. The van der Waals surface area contributed by atoms with Crippen LogP contribution in [-0.4, -0.2) is 62.5 Å². The number of hydrogen-bond acceptors (Lipinski definition) is 9. The van der Waals surface area contributed by atoms with Crippen LogP contribution in [-0.2, 0) is 39.2 Å². The maximum atomic E-state index is 14.3. The standard InChI is InChI=1S/C42H43F4N7O8S/c1-6-50-24(5)60-37-12-10-31(22-35(37)50)51(7-2)39(54)33(18-25-14-27(43)20-28(44)15-25)47-41(56)49-62(58,59)48-34(19-26-16-29(45)21-30(46)17-26)40(55)52(8-3)32-11-13-38-36(23-32)53(9-4)42(57)61-38/h10-17,20-23,33-34,48H,5-9,18-19H2,1-4H3,(H2,47,49,56)/t33-,34-/m0/s1. The summed E-state index contributed by atoms with van der Waals surface area (Å²) in [6.07, 6.45) is -1.10. The van der Waals surface area contributed by atoms with E-state index in [1.807, 2.05) is 6.92 Å². The molecule has 3 N–H and O–H groups in total. The number of halogens is 4. The van der Waals surface area contributed by atoms with Gasteiger partial charge in [-0.15, -0.1) is 0 Å². The van der Waals surface area contributed by atoms with Crippen molar-refractivity contribution in [3.63, 3.8) is 0 Å². The van der Waals surface area contributed by atoms with Crippen LogP contribution in [0.5, 0.6) is 5.75 Å². The highest BCUT2D eigenvalue weighted by Crippen LogP contribution is 2.41. The number of ether oxygens (including phenoxy) is 1. The molecule has 4 amide bonds. The number of rotatable bonds is 16. The number of aryl methyl sites for hydroxylation is 1. The summed E-state index contributed by atoms with van der Waals surface area (Å²) in [5, 5.41) is 2.30. The first-order chi connectivity index (χ1) is 29.4. The van der Waals surface area contributed by atoms with E-state index in [1.165, 1.54) is 27.7 Å². The van der Waals surface area contributed by atoms with Gasteiger partial charge in [-0.05, 0) is 112 Å².